The molecule has 0 aliphatic carbocycles. The van der Waals surface area contributed by atoms with Gasteiger partial charge in [0.15, 0.2) is 0 Å². The highest BCUT2D eigenvalue weighted by Crippen LogP contribution is 2.16. The molecule has 0 aliphatic heterocycles. The summed E-state index contributed by atoms with van der Waals surface area (Å²) in [7, 11) is 2.61. The number of hydrogen-bond donors (Lipinski definition) is 2. The molecule has 136 valence electrons. The van der Waals surface area contributed by atoms with Gasteiger partial charge in [0, 0.05) is 18.3 Å². The van der Waals surface area contributed by atoms with E-state index in [4.69, 9.17) is 0 Å². The summed E-state index contributed by atoms with van der Waals surface area (Å²) in [6, 6.07) is 7.99. The SMILES string of the molecule is COC(=O)CCc1ccc(NC(=O)Nc2cnccc2C(=O)OC)cc1. The van der Waals surface area contributed by atoms with E-state index in [1.807, 2.05) is 12.1 Å². The molecular weight excluding hydrogens is 338 g/mol. The molecule has 0 aliphatic rings. The third-order valence-electron chi connectivity index (χ3n) is 3.53. The summed E-state index contributed by atoms with van der Waals surface area (Å²) in [4.78, 5) is 38.8. The van der Waals surface area contributed by atoms with Crippen LogP contribution in [0.4, 0.5) is 16.2 Å². The third kappa shape index (κ3) is 5.30. The van der Waals surface area contributed by atoms with Gasteiger partial charge >= 0.3 is 18.0 Å². The summed E-state index contributed by atoms with van der Waals surface area (Å²) in [6.45, 7) is 0. The predicted octanol–water partition coefficient (Wildman–Crippen LogP) is 2.62. The number of ether oxygens (including phenoxy) is 2. The van der Waals surface area contributed by atoms with Crippen molar-refractivity contribution in [3.63, 3.8) is 0 Å². The molecule has 8 heteroatoms. The number of benzene rings is 1. The molecule has 8 nitrogen and oxygen atoms in total. The fourth-order valence-electron chi connectivity index (χ4n) is 2.17. The zero-order valence-electron chi connectivity index (χ0n) is 14.4. The molecule has 0 bridgehead atoms. The number of anilines is 2. The predicted molar refractivity (Wildman–Crippen MR) is 95.0 cm³/mol. The van der Waals surface area contributed by atoms with Crippen molar-refractivity contribution in [3.05, 3.63) is 53.9 Å². The minimum absolute atomic E-state index is 0.204. The lowest BCUT2D eigenvalue weighted by molar-refractivity contribution is -0.140. The number of methoxy groups -OCH3 is 2. The van der Waals surface area contributed by atoms with Gasteiger partial charge in [0.1, 0.15) is 0 Å². The zero-order valence-corrected chi connectivity index (χ0v) is 14.4. The lowest BCUT2D eigenvalue weighted by Gasteiger charge is -2.10. The van der Waals surface area contributed by atoms with Crippen LogP contribution in [0.15, 0.2) is 42.7 Å². The number of rotatable bonds is 6. The normalized spacial score (nSPS) is 9.92. The van der Waals surface area contributed by atoms with E-state index in [0.717, 1.165) is 5.56 Å². The first kappa shape index (κ1) is 18.9. The summed E-state index contributed by atoms with van der Waals surface area (Å²) in [5.41, 5.74) is 1.96. The van der Waals surface area contributed by atoms with Gasteiger partial charge < -0.3 is 20.1 Å². The van der Waals surface area contributed by atoms with Crippen LogP contribution in [0.25, 0.3) is 0 Å². The van der Waals surface area contributed by atoms with E-state index in [2.05, 4.69) is 25.1 Å². The fraction of sp³-hybridized carbons (Fsp3) is 0.222. The molecule has 0 spiro atoms. The molecule has 26 heavy (non-hydrogen) atoms. The molecule has 2 aromatic rings. The highest BCUT2D eigenvalue weighted by atomic mass is 16.5. The van der Waals surface area contributed by atoms with Gasteiger partial charge in [-0.1, -0.05) is 12.1 Å². The fourth-order valence-corrected chi connectivity index (χ4v) is 2.17. The first-order valence-corrected chi connectivity index (χ1v) is 7.79. The summed E-state index contributed by atoms with van der Waals surface area (Å²) in [5.74, 6) is -0.845. The van der Waals surface area contributed by atoms with Crippen molar-refractivity contribution in [2.75, 3.05) is 24.9 Å². The van der Waals surface area contributed by atoms with Crippen molar-refractivity contribution in [2.45, 2.75) is 12.8 Å². The molecule has 1 heterocycles. The Balaban J connectivity index is 1.96. The van der Waals surface area contributed by atoms with Gasteiger partial charge in [-0.3, -0.25) is 9.78 Å². The number of carbonyl (C=O) groups excluding carboxylic acids is 3. The number of nitrogens with one attached hydrogen (secondary N) is 2. The van der Waals surface area contributed by atoms with Gasteiger partial charge in [-0.2, -0.15) is 0 Å². The van der Waals surface area contributed by atoms with Crippen molar-refractivity contribution < 1.29 is 23.9 Å². The molecular formula is C18H19N3O5. The average Bonchev–Trinajstić information content (AvgIpc) is 2.66. The molecule has 0 saturated carbocycles. The van der Waals surface area contributed by atoms with Crippen molar-refractivity contribution in [3.8, 4) is 0 Å². The molecule has 2 rings (SSSR count). The molecule has 2 amide bonds. The van der Waals surface area contributed by atoms with Crippen LogP contribution in [0, 0.1) is 0 Å². The van der Waals surface area contributed by atoms with E-state index in [0.29, 0.717) is 18.5 Å². The zero-order chi connectivity index (χ0) is 18.9. The Kier molecular flexibility index (Phi) is 6.67. The van der Waals surface area contributed by atoms with Gasteiger partial charge in [-0.15, -0.1) is 0 Å². The van der Waals surface area contributed by atoms with Crippen LogP contribution in [0.5, 0.6) is 0 Å². The molecule has 0 radical (unpaired) electrons. The van der Waals surface area contributed by atoms with Crippen LogP contribution < -0.4 is 10.6 Å². The first-order valence-electron chi connectivity index (χ1n) is 7.79. The van der Waals surface area contributed by atoms with Crippen molar-refractivity contribution >= 4 is 29.3 Å². The highest BCUT2D eigenvalue weighted by molar-refractivity contribution is 6.04. The summed E-state index contributed by atoms with van der Waals surface area (Å²) >= 11 is 0. The van der Waals surface area contributed by atoms with Crippen LogP contribution in [0.1, 0.15) is 22.3 Å². The maximum Gasteiger partial charge on any atom is 0.340 e. The molecule has 0 atom stereocenters. The smallest absolute Gasteiger partial charge is 0.340 e. The van der Waals surface area contributed by atoms with E-state index in [9.17, 15) is 14.4 Å². The Hall–Kier alpha value is -3.42. The third-order valence-corrected chi connectivity index (χ3v) is 3.53. The van der Waals surface area contributed by atoms with Gasteiger partial charge in [0.2, 0.25) is 0 Å². The van der Waals surface area contributed by atoms with Gasteiger partial charge in [0.25, 0.3) is 0 Å². The number of nitrogens with zero attached hydrogens (tertiary/aromatic N) is 1. The minimum Gasteiger partial charge on any atom is -0.469 e. The number of urea groups is 1. The lowest BCUT2D eigenvalue weighted by atomic mass is 10.1. The van der Waals surface area contributed by atoms with Crippen LogP contribution in [-0.2, 0) is 20.7 Å². The first-order chi connectivity index (χ1) is 12.5. The number of amides is 2. The van der Waals surface area contributed by atoms with Crippen LogP contribution in [0.3, 0.4) is 0 Å². The van der Waals surface area contributed by atoms with Crippen molar-refractivity contribution in [1.82, 2.24) is 4.98 Å². The Morgan fingerprint density at radius 2 is 1.73 bits per heavy atom. The number of aromatic nitrogens is 1. The van der Waals surface area contributed by atoms with E-state index in [1.165, 1.54) is 32.7 Å². The molecule has 2 N–H and O–H groups in total. The largest absolute Gasteiger partial charge is 0.469 e. The summed E-state index contributed by atoms with van der Waals surface area (Å²) in [6.07, 6.45) is 3.64. The average molecular weight is 357 g/mol. The Morgan fingerprint density at radius 3 is 2.38 bits per heavy atom. The van der Waals surface area contributed by atoms with Crippen LogP contribution in [0.2, 0.25) is 0 Å². The Bertz CT molecular complexity index is 790. The molecule has 0 unspecified atom stereocenters. The highest BCUT2D eigenvalue weighted by Gasteiger charge is 2.13. The van der Waals surface area contributed by atoms with Gasteiger partial charge in [-0.25, -0.2) is 9.59 Å². The maximum atomic E-state index is 12.1. The second kappa shape index (κ2) is 9.16. The standard InChI is InChI=1S/C18H19N3O5/c1-25-16(22)8-5-12-3-6-13(7-4-12)20-18(24)21-15-11-19-10-9-14(15)17(23)26-2/h3-4,6-7,9-11H,5,8H2,1-2H3,(H2,20,21,24). The minimum atomic E-state index is -0.572. The van der Waals surface area contributed by atoms with Crippen molar-refractivity contribution in [1.29, 1.82) is 0 Å². The van der Waals surface area contributed by atoms with Crippen LogP contribution >= 0.6 is 0 Å². The van der Waals surface area contributed by atoms with E-state index >= 15 is 0 Å². The van der Waals surface area contributed by atoms with E-state index in [-0.39, 0.29) is 17.2 Å². The summed E-state index contributed by atoms with van der Waals surface area (Å²) < 4.78 is 9.26. The second-order valence-corrected chi connectivity index (χ2v) is 5.27. The van der Waals surface area contributed by atoms with E-state index < -0.39 is 12.0 Å². The van der Waals surface area contributed by atoms with Crippen molar-refractivity contribution in [2.24, 2.45) is 0 Å². The number of carbonyl (C=O) groups is 3. The molecule has 0 fully saturated rings. The Labute approximate surface area is 150 Å². The van der Waals surface area contributed by atoms with Gasteiger partial charge in [0.05, 0.1) is 31.7 Å². The summed E-state index contributed by atoms with van der Waals surface area (Å²) in [5, 5.41) is 5.22. The topological polar surface area (TPSA) is 107 Å². The van der Waals surface area contributed by atoms with Crippen LogP contribution in [-0.4, -0.2) is 37.2 Å². The molecule has 1 aromatic heterocycles. The Morgan fingerprint density at radius 1 is 1.00 bits per heavy atom. The lowest BCUT2D eigenvalue weighted by Crippen LogP contribution is -2.21. The number of hydrogen-bond acceptors (Lipinski definition) is 6. The second-order valence-electron chi connectivity index (χ2n) is 5.27. The monoisotopic (exact) mass is 357 g/mol. The maximum absolute atomic E-state index is 12.1. The van der Waals surface area contributed by atoms with E-state index in [1.54, 1.807) is 12.1 Å². The quantitative estimate of drug-likeness (QED) is 0.770. The molecule has 0 saturated heterocycles. The number of pyridine rings is 1. The molecule has 1 aromatic carbocycles. The number of esters is 2. The number of aryl methyl sites for hydroxylation is 1. The van der Waals surface area contributed by atoms with Gasteiger partial charge in [-0.05, 0) is 30.2 Å².